The quantitative estimate of drug-likeness (QED) is 0.531. The maximum Gasteiger partial charge on any atom is 0.340 e. The molecule has 0 spiro atoms. The summed E-state index contributed by atoms with van der Waals surface area (Å²) in [5.41, 5.74) is 1.95. The van der Waals surface area contributed by atoms with Crippen LogP contribution in [0.2, 0.25) is 0 Å². The van der Waals surface area contributed by atoms with Gasteiger partial charge in [0.1, 0.15) is 0 Å². The van der Waals surface area contributed by atoms with Crippen molar-refractivity contribution in [1.29, 1.82) is 0 Å². The molecule has 2 heterocycles. The molecule has 0 aromatic carbocycles. The minimum Gasteiger partial charge on any atom is -0.462 e. The number of nitrogens with zero attached hydrogens (tertiary/aromatic N) is 2. The van der Waals surface area contributed by atoms with Crippen LogP contribution in [0, 0.1) is 0 Å². The Morgan fingerprint density at radius 3 is 2.91 bits per heavy atom. The Morgan fingerprint density at radius 2 is 2.22 bits per heavy atom. The number of hydrogen-bond donors (Lipinski definition) is 1. The Hall–Kier alpha value is -1.47. The van der Waals surface area contributed by atoms with Crippen molar-refractivity contribution in [3.8, 4) is 0 Å². The van der Waals surface area contributed by atoms with Crippen LogP contribution >= 0.6 is 15.9 Å². The molecule has 1 unspecified atom stereocenters. The summed E-state index contributed by atoms with van der Waals surface area (Å²) in [6, 6.07) is 1.80. The van der Waals surface area contributed by atoms with Crippen molar-refractivity contribution in [3.05, 3.63) is 23.5 Å². The minimum atomic E-state index is -0.333. The van der Waals surface area contributed by atoms with Gasteiger partial charge in [0.25, 0.3) is 0 Å². The first kappa shape index (κ1) is 17.9. The molecule has 23 heavy (non-hydrogen) atoms. The van der Waals surface area contributed by atoms with E-state index < -0.39 is 0 Å². The number of hydrogen-bond acceptors (Lipinski definition) is 5. The first-order chi connectivity index (χ1) is 11.2. The number of pyridine rings is 1. The van der Waals surface area contributed by atoms with Crippen LogP contribution in [0.3, 0.4) is 0 Å². The zero-order valence-corrected chi connectivity index (χ0v) is 15.1. The highest BCUT2D eigenvalue weighted by Crippen LogP contribution is 2.19. The summed E-state index contributed by atoms with van der Waals surface area (Å²) in [6.07, 6.45) is 4.33. The average Bonchev–Trinajstić information content (AvgIpc) is 3.00. The van der Waals surface area contributed by atoms with Gasteiger partial charge in [0.2, 0.25) is 0 Å². The van der Waals surface area contributed by atoms with Crippen LogP contribution in [-0.2, 0) is 15.9 Å². The fraction of sp³-hybridized carbons (Fsp3) is 0.562. The second-order valence-electron chi connectivity index (χ2n) is 5.13. The van der Waals surface area contributed by atoms with Crippen LogP contribution in [0.15, 0.2) is 12.3 Å². The van der Waals surface area contributed by atoms with Gasteiger partial charge in [-0.25, -0.2) is 9.78 Å². The number of aryl methyl sites for hydroxylation is 1. The summed E-state index contributed by atoms with van der Waals surface area (Å²) < 4.78 is 10.8. The summed E-state index contributed by atoms with van der Waals surface area (Å²) in [5.74, 6) is -0.333. The molecule has 0 aliphatic heterocycles. The van der Waals surface area contributed by atoms with Crippen LogP contribution in [0.25, 0.3) is 11.0 Å². The van der Waals surface area contributed by atoms with E-state index in [0.717, 1.165) is 29.3 Å². The highest BCUT2D eigenvalue weighted by molar-refractivity contribution is 9.09. The van der Waals surface area contributed by atoms with Crippen LogP contribution in [0.1, 0.15) is 42.7 Å². The average molecular weight is 384 g/mol. The molecule has 0 saturated carbocycles. The molecule has 2 rings (SSSR count). The topological polar surface area (TPSA) is 77.1 Å². The molecule has 1 atom stereocenters. The fourth-order valence-electron chi connectivity index (χ4n) is 2.43. The number of halogens is 1. The molecule has 0 fully saturated rings. The van der Waals surface area contributed by atoms with Gasteiger partial charge < -0.3 is 9.47 Å². The summed E-state index contributed by atoms with van der Waals surface area (Å²) in [6.45, 7) is 4.83. The smallest absolute Gasteiger partial charge is 0.340 e. The molecule has 6 nitrogen and oxygen atoms in total. The number of aromatic amines is 1. The normalized spacial score (nSPS) is 12.5. The van der Waals surface area contributed by atoms with Crippen molar-refractivity contribution in [2.45, 2.75) is 39.2 Å². The predicted octanol–water partition coefficient (Wildman–Crippen LogP) is 3.26. The number of nitrogens with one attached hydrogen (secondary N) is 1. The molecule has 0 amide bonds. The third-order valence-corrected chi connectivity index (χ3v) is 4.24. The van der Waals surface area contributed by atoms with Crippen molar-refractivity contribution < 1.29 is 14.3 Å². The monoisotopic (exact) mass is 383 g/mol. The van der Waals surface area contributed by atoms with Gasteiger partial charge in [0, 0.05) is 17.3 Å². The highest BCUT2D eigenvalue weighted by atomic mass is 79.9. The molecular weight excluding hydrogens is 362 g/mol. The molecule has 0 bridgehead atoms. The zero-order chi connectivity index (χ0) is 16.7. The van der Waals surface area contributed by atoms with Crippen molar-refractivity contribution in [2.24, 2.45) is 0 Å². The van der Waals surface area contributed by atoms with E-state index in [0.29, 0.717) is 30.8 Å². The number of aromatic nitrogens is 3. The molecule has 0 radical (unpaired) electrons. The summed E-state index contributed by atoms with van der Waals surface area (Å²) in [5, 5.41) is 8.43. The molecule has 1 N–H and O–H groups in total. The van der Waals surface area contributed by atoms with Gasteiger partial charge in [-0.2, -0.15) is 5.10 Å². The third kappa shape index (κ3) is 4.75. The first-order valence-corrected chi connectivity index (χ1v) is 8.99. The predicted molar refractivity (Wildman–Crippen MR) is 92.0 cm³/mol. The molecule has 0 aliphatic carbocycles. The second kappa shape index (κ2) is 8.98. The lowest BCUT2D eigenvalue weighted by atomic mass is 10.1. The molecule has 7 heteroatoms. The van der Waals surface area contributed by atoms with Crippen molar-refractivity contribution in [1.82, 2.24) is 15.2 Å². The Kier molecular flexibility index (Phi) is 6.98. The fourth-order valence-corrected chi connectivity index (χ4v) is 2.94. The van der Waals surface area contributed by atoms with E-state index in [4.69, 9.17) is 9.47 Å². The maximum absolute atomic E-state index is 12.2. The van der Waals surface area contributed by atoms with Gasteiger partial charge in [0.05, 0.1) is 30.2 Å². The van der Waals surface area contributed by atoms with Gasteiger partial charge in [-0.1, -0.05) is 15.9 Å². The van der Waals surface area contributed by atoms with Gasteiger partial charge in [-0.15, -0.1) is 0 Å². The van der Waals surface area contributed by atoms with Gasteiger partial charge in [0.15, 0.2) is 5.65 Å². The van der Waals surface area contributed by atoms with Gasteiger partial charge in [-0.3, -0.25) is 5.10 Å². The number of ether oxygens (including phenoxy) is 2. The molecule has 126 valence electrons. The molecule has 2 aromatic heterocycles. The molecule has 0 aliphatic rings. The van der Waals surface area contributed by atoms with Crippen molar-refractivity contribution >= 4 is 32.9 Å². The summed E-state index contributed by atoms with van der Waals surface area (Å²) >= 11 is 3.46. The van der Waals surface area contributed by atoms with Gasteiger partial charge in [-0.05, 0) is 39.2 Å². The Morgan fingerprint density at radius 1 is 1.39 bits per heavy atom. The van der Waals surface area contributed by atoms with E-state index in [-0.39, 0.29) is 12.1 Å². The van der Waals surface area contributed by atoms with E-state index in [1.807, 2.05) is 6.92 Å². The lowest BCUT2D eigenvalue weighted by Gasteiger charge is -2.14. The number of fused-ring (bicyclic) bond motifs is 1. The standard InChI is InChI=1S/C16H22BrN3O3/c1-3-22-12(9-17)6-5-7-14-13(16(21)23-4-2)8-11-10-18-20-15(11)19-14/h8,10,12H,3-7,9H2,1-2H3,(H,18,19,20). The first-order valence-electron chi connectivity index (χ1n) is 7.87. The SMILES string of the molecule is CCOC(=O)c1cc2cn[nH]c2nc1CCCC(CBr)OCC. The maximum atomic E-state index is 12.2. The Balaban J connectivity index is 2.13. The van der Waals surface area contributed by atoms with Crippen LogP contribution in [0.5, 0.6) is 0 Å². The summed E-state index contributed by atoms with van der Waals surface area (Å²) in [7, 11) is 0. The lowest BCUT2D eigenvalue weighted by molar-refractivity contribution is 0.0524. The molecular formula is C16H22BrN3O3. The summed E-state index contributed by atoms with van der Waals surface area (Å²) in [4.78, 5) is 16.7. The van der Waals surface area contributed by atoms with Crippen LogP contribution in [-0.4, -0.2) is 45.8 Å². The minimum absolute atomic E-state index is 0.182. The molecule has 0 saturated heterocycles. The number of carbonyl (C=O) groups is 1. The van der Waals surface area contributed by atoms with E-state index >= 15 is 0 Å². The number of carbonyl (C=O) groups excluding carboxylic acids is 1. The lowest BCUT2D eigenvalue weighted by Crippen LogP contribution is -2.15. The van der Waals surface area contributed by atoms with Crippen molar-refractivity contribution in [2.75, 3.05) is 18.5 Å². The van der Waals surface area contributed by atoms with E-state index in [2.05, 4.69) is 31.1 Å². The van der Waals surface area contributed by atoms with E-state index in [9.17, 15) is 4.79 Å². The van der Waals surface area contributed by atoms with Gasteiger partial charge >= 0.3 is 5.97 Å². The Labute approximate surface area is 144 Å². The van der Waals surface area contributed by atoms with E-state index in [1.54, 1.807) is 19.2 Å². The second-order valence-corrected chi connectivity index (χ2v) is 5.78. The van der Waals surface area contributed by atoms with Crippen LogP contribution < -0.4 is 0 Å². The molecule has 2 aromatic rings. The number of esters is 1. The number of H-pyrrole nitrogens is 1. The zero-order valence-electron chi connectivity index (χ0n) is 13.5. The number of rotatable bonds is 9. The Bertz CT molecular complexity index is 645. The third-order valence-electron chi connectivity index (χ3n) is 3.51. The van der Waals surface area contributed by atoms with E-state index in [1.165, 1.54) is 0 Å². The highest BCUT2D eigenvalue weighted by Gasteiger charge is 2.17. The van der Waals surface area contributed by atoms with Crippen LogP contribution in [0.4, 0.5) is 0 Å². The van der Waals surface area contributed by atoms with Crippen molar-refractivity contribution in [3.63, 3.8) is 0 Å². The number of alkyl halides is 1. The largest absolute Gasteiger partial charge is 0.462 e.